The summed E-state index contributed by atoms with van der Waals surface area (Å²) in [4.78, 5) is 23.5. The van der Waals surface area contributed by atoms with E-state index in [9.17, 15) is 4.79 Å². The Balaban J connectivity index is 1.81. The Hall–Kier alpha value is -2.91. The molecule has 0 fully saturated rings. The van der Waals surface area contributed by atoms with Crippen LogP contribution >= 0.6 is 22.9 Å². The van der Waals surface area contributed by atoms with Crippen LogP contribution in [-0.2, 0) is 0 Å². The van der Waals surface area contributed by atoms with Crippen molar-refractivity contribution in [3.63, 3.8) is 0 Å². The van der Waals surface area contributed by atoms with E-state index in [4.69, 9.17) is 19.4 Å². The number of hydrogen-bond donors (Lipinski definition) is 3. The van der Waals surface area contributed by atoms with Crippen LogP contribution in [0.4, 0.5) is 20.9 Å². The van der Waals surface area contributed by atoms with Crippen molar-refractivity contribution in [1.29, 1.82) is 0 Å². The summed E-state index contributed by atoms with van der Waals surface area (Å²) in [6, 6.07) is 6.27. The van der Waals surface area contributed by atoms with Gasteiger partial charge in [0, 0.05) is 11.6 Å². The van der Waals surface area contributed by atoms with E-state index in [-0.39, 0.29) is 16.8 Å². The lowest BCUT2D eigenvalue weighted by atomic mass is 9.96. The highest BCUT2D eigenvalue weighted by Crippen LogP contribution is 2.32. The number of nitrogens with one attached hydrogen (secondary N) is 3. The molecule has 4 rings (SSSR count). The Kier molecular flexibility index (Phi) is 4.55. The number of rotatable bonds is 4. The fourth-order valence-electron chi connectivity index (χ4n) is 2.56. The van der Waals surface area contributed by atoms with E-state index in [0.717, 1.165) is 0 Å². The van der Waals surface area contributed by atoms with Gasteiger partial charge in [0.15, 0.2) is 10.9 Å². The number of H-pyrrole nitrogens is 1. The maximum absolute atomic E-state index is 15.1. The van der Waals surface area contributed by atoms with Gasteiger partial charge in [0.1, 0.15) is 13.4 Å². The van der Waals surface area contributed by atoms with Crippen LogP contribution in [0.2, 0.25) is 5.02 Å². The second-order valence-corrected chi connectivity index (χ2v) is 6.87. The van der Waals surface area contributed by atoms with E-state index in [2.05, 4.69) is 25.6 Å². The van der Waals surface area contributed by atoms with Gasteiger partial charge in [0.05, 0.1) is 33.8 Å². The smallest absolute Gasteiger partial charge is 0.259 e. The fourth-order valence-corrected chi connectivity index (χ4v) is 3.32. The van der Waals surface area contributed by atoms with Crippen molar-refractivity contribution < 1.29 is 9.18 Å². The first kappa shape index (κ1) is 17.5. The molecule has 0 saturated carbocycles. The van der Waals surface area contributed by atoms with Crippen molar-refractivity contribution in [2.24, 2.45) is 0 Å². The molecule has 0 atom stereocenters. The first-order chi connectivity index (χ1) is 13.0. The van der Waals surface area contributed by atoms with Crippen LogP contribution in [0.3, 0.4) is 0 Å². The van der Waals surface area contributed by atoms with Gasteiger partial charge in [0.2, 0.25) is 0 Å². The van der Waals surface area contributed by atoms with Gasteiger partial charge >= 0.3 is 0 Å². The molecule has 2 radical (unpaired) electrons. The number of thiazole rings is 1. The van der Waals surface area contributed by atoms with Gasteiger partial charge < -0.3 is 10.3 Å². The highest BCUT2D eigenvalue weighted by molar-refractivity contribution is 7.13. The molecule has 0 spiro atoms. The Morgan fingerprint density at radius 2 is 2.15 bits per heavy atom. The molecule has 0 bridgehead atoms. The number of imidazole rings is 1. The molecule has 6 nitrogen and oxygen atoms in total. The molecule has 0 aliphatic rings. The Bertz CT molecular complexity index is 1150. The van der Waals surface area contributed by atoms with Crippen molar-refractivity contribution in [3.05, 3.63) is 58.6 Å². The van der Waals surface area contributed by atoms with Crippen molar-refractivity contribution in [2.45, 2.75) is 0 Å². The third kappa shape index (κ3) is 3.39. The van der Waals surface area contributed by atoms with Gasteiger partial charge in [-0.1, -0.05) is 23.1 Å². The second-order valence-electron chi connectivity index (χ2n) is 5.57. The van der Waals surface area contributed by atoms with Crippen molar-refractivity contribution in [1.82, 2.24) is 15.0 Å². The van der Waals surface area contributed by atoms with Crippen molar-refractivity contribution in [3.8, 4) is 0 Å². The maximum atomic E-state index is 15.1. The van der Waals surface area contributed by atoms with Crippen LogP contribution in [0.15, 0.2) is 42.2 Å². The molecule has 0 saturated heterocycles. The lowest BCUT2D eigenvalue weighted by Gasteiger charge is -2.14. The third-order valence-corrected chi connectivity index (χ3v) is 4.81. The number of nitrogens with zero attached hydrogens (tertiary/aromatic N) is 2. The van der Waals surface area contributed by atoms with Crippen molar-refractivity contribution in [2.75, 3.05) is 10.6 Å². The molecule has 0 aliphatic carbocycles. The van der Waals surface area contributed by atoms with E-state index >= 15 is 4.39 Å². The van der Waals surface area contributed by atoms with Gasteiger partial charge in [-0.2, -0.15) is 0 Å². The number of amides is 1. The molecule has 4 aromatic rings. The Morgan fingerprint density at radius 3 is 2.89 bits per heavy atom. The van der Waals surface area contributed by atoms with Crippen LogP contribution in [0.5, 0.6) is 0 Å². The lowest BCUT2D eigenvalue weighted by molar-refractivity contribution is 0.102. The number of halogens is 2. The second kappa shape index (κ2) is 7.01. The zero-order chi connectivity index (χ0) is 19.0. The van der Waals surface area contributed by atoms with Gasteiger partial charge in [-0.25, -0.2) is 14.4 Å². The SMILES string of the molecule is [B]c1ccc(Nc2c(C(=O)Nc3nccs3)cc3[nH]cnc3c2F)c(Cl)c1. The maximum Gasteiger partial charge on any atom is 0.259 e. The molecular weight excluding hydrogens is 388 g/mol. The molecule has 132 valence electrons. The highest BCUT2D eigenvalue weighted by Gasteiger charge is 2.21. The normalized spacial score (nSPS) is 10.9. The van der Waals surface area contributed by atoms with Gasteiger partial charge in [-0.05, 0) is 18.2 Å². The standard InChI is InChI=1S/C17H10BClFN5OS/c18-8-1-2-11(10(19)5-8)24-14-9(16(26)25-17-21-3-4-27-17)6-12-15(13(14)20)23-7-22-12/h1-7,24H,(H,22,23)(H,21,25,26). The number of fused-ring (bicyclic) bond motifs is 1. The van der Waals surface area contributed by atoms with E-state index in [1.165, 1.54) is 29.8 Å². The molecular formula is C17H10BClFN5OS. The number of benzene rings is 2. The number of aromatic amines is 1. The highest BCUT2D eigenvalue weighted by atomic mass is 35.5. The third-order valence-electron chi connectivity index (χ3n) is 3.80. The van der Waals surface area contributed by atoms with Crippen molar-refractivity contribution >= 4 is 69.7 Å². The minimum absolute atomic E-state index is 0.0460. The van der Waals surface area contributed by atoms with E-state index in [1.807, 2.05) is 0 Å². The van der Waals surface area contributed by atoms with Gasteiger partial charge in [-0.15, -0.1) is 11.3 Å². The summed E-state index contributed by atoms with van der Waals surface area (Å²) in [5.41, 5.74) is 1.40. The van der Waals surface area contributed by atoms with Crippen LogP contribution in [-0.4, -0.2) is 28.7 Å². The summed E-state index contributed by atoms with van der Waals surface area (Å²) >= 11 is 7.44. The number of hydrogen-bond acceptors (Lipinski definition) is 5. The molecule has 2 aromatic heterocycles. The zero-order valence-corrected chi connectivity index (χ0v) is 15.2. The number of carbonyl (C=O) groups is 1. The monoisotopic (exact) mass is 397 g/mol. The quantitative estimate of drug-likeness (QED) is 0.460. The van der Waals surface area contributed by atoms with Crippen LogP contribution in [0.25, 0.3) is 11.0 Å². The van der Waals surface area contributed by atoms with Gasteiger partial charge in [0.25, 0.3) is 5.91 Å². The van der Waals surface area contributed by atoms with Crippen LogP contribution < -0.4 is 16.1 Å². The summed E-state index contributed by atoms with van der Waals surface area (Å²) in [6.45, 7) is 0. The number of carbonyl (C=O) groups excluding carboxylic acids is 1. The molecule has 3 N–H and O–H groups in total. The molecule has 2 aromatic carbocycles. The van der Waals surface area contributed by atoms with Crippen LogP contribution in [0.1, 0.15) is 10.4 Å². The minimum Gasteiger partial charge on any atom is -0.351 e. The van der Waals surface area contributed by atoms with Gasteiger partial charge in [-0.3, -0.25) is 10.1 Å². The lowest BCUT2D eigenvalue weighted by Crippen LogP contribution is -2.15. The van der Waals surface area contributed by atoms with Crippen LogP contribution in [0, 0.1) is 5.82 Å². The summed E-state index contributed by atoms with van der Waals surface area (Å²) in [7, 11) is 5.69. The fraction of sp³-hybridized carbons (Fsp3) is 0. The topological polar surface area (TPSA) is 82.7 Å². The summed E-state index contributed by atoms with van der Waals surface area (Å²) in [6.07, 6.45) is 2.92. The largest absolute Gasteiger partial charge is 0.351 e. The summed E-state index contributed by atoms with van der Waals surface area (Å²) in [5, 5.41) is 7.95. The summed E-state index contributed by atoms with van der Waals surface area (Å²) in [5.74, 6) is -1.19. The molecule has 0 aliphatic heterocycles. The van der Waals surface area contributed by atoms with E-state index in [1.54, 1.807) is 23.7 Å². The zero-order valence-electron chi connectivity index (χ0n) is 13.6. The molecule has 10 heteroatoms. The average molecular weight is 398 g/mol. The molecule has 0 unspecified atom stereocenters. The first-order valence-corrected chi connectivity index (χ1v) is 8.97. The number of aromatic nitrogens is 3. The molecule has 1 amide bonds. The van der Waals surface area contributed by atoms with E-state index < -0.39 is 11.7 Å². The predicted octanol–water partition coefficient (Wildman–Crippen LogP) is 3.60. The molecule has 2 heterocycles. The summed E-state index contributed by atoms with van der Waals surface area (Å²) < 4.78 is 15.1. The minimum atomic E-state index is -0.675. The Labute approximate surface area is 163 Å². The first-order valence-electron chi connectivity index (χ1n) is 7.71. The average Bonchev–Trinajstić information content (AvgIpc) is 3.30. The Morgan fingerprint density at radius 1 is 1.30 bits per heavy atom. The molecule has 27 heavy (non-hydrogen) atoms. The number of anilines is 3. The van der Waals surface area contributed by atoms with E-state index in [0.29, 0.717) is 26.8 Å². The predicted molar refractivity (Wildman–Crippen MR) is 106 cm³/mol.